The van der Waals surface area contributed by atoms with E-state index >= 15 is 0 Å². The van der Waals surface area contributed by atoms with Crippen LogP contribution >= 0.6 is 11.3 Å². The summed E-state index contributed by atoms with van der Waals surface area (Å²) >= 11 is 1.30. The number of aromatic nitrogens is 2. The topological polar surface area (TPSA) is 72.0 Å². The number of hydrogen-bond acceptors (Lipinski definition) is 5. The molecule has 1 aromatic carbocycles. The van der Waals surface area contributed by atoms with Crippen LogP contribution in [-0.2, 0) is 10.0 Å². The number of sulfonamides is 1. The van der Waals surface area contributed by atoms with E-state index in [1.54, 1.807) is 24.5 Å². The Morgan fingerprint density at radius 2 is 1.84 bits per heavy atom. The van der Waals surface area contributed by atoms with Gasteiger partial charge in [-0.3, -0.25) is 9.71 Å². The van der Waals surface area contributed by atoms with E-state index in [-0.39, 0.29) is 4.90 Å². The van der Waals surface area contributed by atoms with Crippen LogP contribution in [0, 0.1) is 6.92 Å². The first-order valence-electron chi connectivity index (χ1n) is 7.87. The van der Waals surface area contributed by atoms with Gasteiger partial charge in [-0.2, -0.15) is 0 Å². The van der Waals surface area contributed by atoms with E-state index in [9.17, 15) is 8.42 Å². The van der Waals surface area contributed by atoms with E-state index in [0.29, 0.717) is 11.0 Å². The number of pyridine rings is 1. The monoisotopic (exact) mass is 373 g/mol. The Kier molecular flexibility index (Phi) is 4.87. The standard InChI is InChI=1S/C18H19N3O2S2/c1-12(2)14-6-8-16(9-7-14)25(22,23)21-18-20-13(3)17(24-18)15-5-4-10-19-11-15/h4-12H,1-3H3,(H,20,21). The molecule has 0 spiro atoms. The molecule has 3 rings (SSSR count). The molecular weight excluding hydrogens is 354 g/mol. The molecule has 130 valence electrons. The minimum absolute atomic E-state index is 0.229. The van der Waals surface area contributed by atoms with Gasteiger partial charge in [0, 0.05) is 18.0 Å². The summed E-state index contributed by atoms with van der Waals surface area (Å²) in [5.41, 5.74) is 2.79. The van der Waals surface area contributed by atoms with Crippen LogP contribution in [0.3, 0.4) is 0 Å². The number of aryl methyl sites for hydroxylation is 1. The Labute approximate surface area is 151 Å². The summed E-state index contributed by atoms with van der Waals surface area (Å²) < 4.78 is 27.7. The summed E-state index contributed by atoms with van der Waals surface area (Å²) in [6.45, 7) is 5.99. The number of anilines is 1. The Morgan fingerprint density at radius 1 is 1.12 bits per heavy atom. The van der Waals surface area contributed by atoms with Crippen molar-refractivity contribution in [1.29, 1.82) is 0 Å². The molecule has 2 heterocycles. The molecule has 0 aliphatic rings. The SMILES string of the molecule is Cc1nc(NS(=O)(=O)c2ccc(C(C)C)cc2)sc1-c1cccnc1. The molecule has 0 radical (unpaired) electrons. The molecule has 7 heteroatoms. The van der Waals surface area contributed by atoms with E-state index in [2.05, 4.69) is 28.5 Å². The van der Waals surface area contributed by atoms with E-state index in [0.717, 1.165) is 21.7 Å². The highest BCUT2D eigenvalue weighted by Gasteiger charge is 2.18. The zero-order chi connectivity index (χ0) is 18.0. The van der Waals surface area contributed by atoms with Gasteiger partial charge in [-0.15, -0.1) is 0 Å². The van der Waals surface area contributed by atoms with Crippen molar-refractivity contribution in [2.75, 3.05) is 4.72 Å². The summed E-state index contributed by atoms with van der Waals surface area (Å²) in [4.78, 5) is 9.57. The molecule has 2 aromatic heterocycles. The van der Waals surface area contributed by atoms with Crippen molar-refractivity contribution in [1.82, 2.24) is 9.97 Å². The van der Waals surface area contributed by atoms with Gasteiger partial charge in [0.1, 0.15) is 0 Å². The van der Waals surface area contributed by atoms with E-state index in [4.69, 9.17) is 0 Å². The van der Waals surface area contributed by atoms with Gasteiger partial charge in [0.15, 0.2) is 5.13 Å². The van der Waals surface area contributed by atoms with Gasteiger partial charge in [-0.05, 0) is 36.6 Å². The molecule has 1 N–H and O–H groups in total. The van der Waals surface area contributed by atoms with Crippen molar-refractivity contribution in [3.05, 3.63) is 60.0 Å². The maximum absolute atomic E-state index is 12.6. The highest BCUT2D eigenvalue weighted by molar-refractivity contribution is 7.93. The highest BCUT2D eigenvalue weighted by Crippen LogP contribution is 2.33. The second-order valence-electron chi connectivity index (χ2n) is 6.00. The molecule has 3 aromatic rings. The number of nitrogens with zero attached hydrogens (tertiary/aromatic N) is 2. The molecule has 5 nitrogen and oxygen atoms in total. The maximum atomic E-state index is 12.6. The summed E-state index contributed by atoms with van der Waals surface area (Å²) in [6.07, 6.45) is 3.44. The number of rotatable bonds is 5. The number of hydrogen-bond donors (Lipinski definition) is 1. The second kappa shape index (κ2) is 6.93. The lowest BCUT2D eigenvalue weighted by molar-refractivity contribution is 0.601. The molecule has 0 atom stereocenters. The van der Waals surface area contributed by atoms with Crippen molar-refractivity contribution in [2.24, 2.45) is 0 Å². The minimum atomic E-state index is -3.66. The average molecular weight is 374 g/mol. The van der Waals surface area contributed by atoms with Gasteiger partial charge in [-0.25, -0.2) is 13.4 Å². The molecule has 0 unspecified atom stereocenters. The Balaban J connectivity index is 1.86. The fourth-order valence-corrected chi connectivity index (χ4v) is 4.60. The van der Waals surface area contributed by atoms with Gasteiger partial charge in [0.25, 0.3) is 10.0 Å². The molecule has 0 amide bonds. The van der Waals surface area contributed by atoms with Gasteiger partial charge >= 0.3 is 0 Å². The van der Waals surface area contributed by atoms with Gasteiger partial charge in [0.2, 0.25) is 0 Å². The summed E-state index contributed by atoms with van der Waals surface area (Å²) in [6, 6.07) is 10.7. The van der Waals surface area contributed by atoms with Crippen LogP contribution in [0.25, 0.3) is 10.4 Å². The van der Waals surface area contributed by atoms with Crippen molar-refractivity contribution < 1.29 is 8.42 Å². The lowest BCUT2D eigenvalue weighted by Gasteiger charge is -2.08. The first-order chi connectivity index (χ1) is 11.9. The smallest absolute Gasteiger partial charge is 0.263 e. The third-order valence-electron chi connectivity index (χ3n) is 3.80. The predicted octanol–water partition coefficient (Wildman–Crippen LogP) is 4.44. The predicted molar refractivity (Wildman–Crippen MR) is 101 cm³/mol. The molecule has 25 heavy (non-hydrogen) atoms. The Bertz CT molecular complexity index is 963. The van der Waals surface area contributed by atoms with Crippen molar-refractivity contribution in [2.45, 2.75) is 31.6 Å². The van der Waals surface area contributed by atoms with Crippen molar-refractivity contribution in [3.8, 4) is 10.4 Å². The normalized spacial score (nSPS) is 11.7. The Morgan fingerprint density at radius 3 is 2.44 bits per heavy atom. The number of thiazole rings is 1. The van der Waals surface area contributed by atoms with Crippen LogP contribution in [0.5, 0.6) is 0 Å². The third kappa shape index (κ3) is 3.88. The molecule has 0 aliphatic carbocycles. The fraction of sp³-hybridized carbons (Fsp3) is 0.222. The van der Waals surface area contributed by atoms with Crippen LogP contribution in [0.4, 0.5) is 5.13 Å². The van der Waals surface area contributed by atoms with Crippen LogP contribution in [0.2, 0.25) is 0 Å². The lowest BCUT2D eigenvalue weighted by atomic mass is 10.0. The van der Waals surface area contributed by atoms with E-state index < -0.39 is 10.0 Å². The van der Waals surface area contributed by atoms with Gasteiger partial charge in [0.05, 0.1) is 15.5 Å². The largest absolute Gasteiger partial charge is 0.264 e. The quantitative estimate of drug-likeness (QED) is 0.718. The Hall–Kier alpha value is -2.25. The summed E-state index contributed by atoms with van der Waals surface area (Å²) in [7, 11) is -3.66. The molecule has 0 fully saturated rings. The fourth-order valence-electron chi connectivity index (χ4n) is 2.41. The first kappa shape index (κ1) is 17.6. The first-order valence-corrected chi connectivity index (χ1v) is 10.2. The summed E-state index contributed by atoms with van der Waals surface area (Å²) in [5, 5.41) is 0.351. The third-order valence-corrected chi connectivity index (χ3v) is 6.41. The lowest BCUT2D eigenvalue weighted by Crippen LogP contribution is -2.12. The van der Waals surface area contributed by atoms with Gasteiger partial charge in [-0.1, -0.05) is 43.4 Å². The highest BCUT2D eigenvalue weighted by atomic mass is 32.2. The maximum Gasteiger partial charge on any atom is 0.263 e. The number of benzene rings is 1. The van der Waals surface area contributed by atoms with Gasteiger partial charge < -0.3 is 0 Å². The van der Waals surface area contributed by atoms with Crippen LogP contribution in [0.15, 0.2) is 53.7 Å². The minimum Gasteiger partial charge on any atom is -0.264 e. The van der Waals surface area contributed by atoms with Crippen LogP contribution in [-0.4, -0.2) is 18.4 Å². The van der Waals surface area contributed by atoms with Crippen LogP contribution in [0.1, 0.15) is 31.0 Å². The zero-order valence-electron chi connectivity index (χ0n) is 14.2. The average Bonchev–Trinajstić information content (AvgIpc) is 2.95. The van der Waals surface area contributed by atoms with Crippen molar-refractivity contribution in [3.63, 3.8) is 0 Å². The van der Waals surface area contributed by atoms with Crippen LogP contribution < -0.4 is 4.72 Å². The van der Waals surface area contributed by atoms with E-state index in [1.807, 2.05) is 31.2 Å². The zero-order valence-corrected chi connectivity index (χ0v) is 15.9. The van der Waals surface area contributed by atoms with Crippen molar-refractivity contribution >= 4 is 26.5 Å². The molecule has 0 saturated carbocycles. The molecule has 0 aliphatic heterocycles. The second-order valence-corrected chi connectivity index (χ2v) is 8.69. The number of nitrogens with one attached hydrogen (secondary N) is 1. The summed E-state index contributed by atoms with van der Waals surface area (Å²) in [5.74, 6) is 0.355. The molecular formula is C18H19N3O2S2. The van der Waals surface area contributed by atoms with E-state index in [1.165, 1.54) is 11.3 Å². The molecule has 0 bridgehead atoms. The molecule has 0 saturated heterocycles.